The second-order valence-corrected chi connectivity index (χ2v) is 7.46. The molecular formula is C17H30N2O. The zero-order valence-corrected chi connectivity index (χ0v) is 13.0. The van der Waals surface area contributed by atoms with Crippen molar-refractivity contribution in [2.24, 2.45) is 5.41 Å². The Kier molecular flexibility index (Phi) is 4.34. The average molecular weight is 278 g/mol. The summed E-state index contributed by atoms with van der Waals surface area (Å²) in [5, 5.41) is 3.61. The monoisotopic (exact) mass is 278 g/mol. The molecule has 1 atom stereocenters. The summed E-state index contributed by atoms with van der Waals surface area (Å²) >= 11 is 0. The second kappa shape index (κ2) is 6.05. The van der Waals surface area contributed by atoms with Crippen molar-refractivity contribution in [1.82, 2.24) is 10.2 Å². The fourth-order valence-corrected chi connectivity index (χ4v) is 3.99. The van der Waals surface area contributed by atoms with E-state index in [0.29, 0.717) is 18.0 Å². The van der Waals surface area contributed by atoms with Gasteiger partial charge in [0.2, 0.25) is 5.91 Å². The molecule has 20 heavy (non-hydrogen) atoms. The van der Waals surface area contributed by atoms with Gasteiger partial charge in [-0.3, -0.25) is 4.79 Å². The van der Waals surface area contributed by atoms with Crippen LogP contribution in [0.15, 0.2) is 0 Å². The van der Waals surface area contributed by atoms with E-state index >= 15 is 0 Å². The molecule has 1 heterocycles. The smallest absolute Gasteiger partial charge is 0.228 e. The zero-order valence-electron chi connectivity index (χ0n) is 13.0. The first-order valence-electron chi connectivity index (χ1n) is 8.73. The maximum atomic E-state index is 13.1. The fraction of sp³-hybridized carbons (Fsp3) is 0.941. The SMILES string of the molecule is CC1(C(=O)N(CC2CCCCN2)C2CC2)CCCCC1. The molecule has 3 heteroatoms. The van der Waals surface area contributed by atoms with Crippen LogP contribution in [0.1, 0.15) is 71.1 Å². The van der Waals surface area contributed by atoms with Gasteiger partial charge in [0.25, 0.3) is 0 Å². The molecule has 1 unspecified atom stereocenters. The van der Waals surface area contributed by atoms with Crippen molar-refractivity contribution < 1.29 is 4.79 Å². The Morgan fingerprint density at radius 2 is 1.85 bits per heavy atom. The predicted octanol–water partition coefficient (Wildman–Crippen LogP) is 3.09. The molecule has 0 aromatic rings. The minimum atomic E-state index is -0.0600. The Hall–Kier alpha value is -0.570. The van der Waals surface area contributed by atoms with Crippen LogP contribution < -0.4 is 5.32 Å². The Morgan fingerprint density at radius 3 is 2.45 bits per heavy atom. The quantitative estimate of drug-likeness (QED) is 0.857. The third-order valence-electron chi connectivity index (χ3n) is 5.55. The van der Waals surface area contributed by atoms with Crippen molar-refractivity contribution in [3.63, 3.8) is 0 Å². The molecule has 1 amide bonds. The van der Waals surface area contributed by atoms with Crippen molar-refractivity contribution in [2.75, 3.05) is 13.1 Å². The van der Waals surface area contributed by atoms with Gasteiger partial charge in [-0.15, -0.1) is 0 Å². The molecule has 1 N–H and O–H groups in total. The lowest BCUT2D eigenvalue weighted by Crippen LogP contribution is -2.51. The van der Waals surface area contributed by atoms with Crippen molar-refractivity contribution in [1.29, 1.82) is 0 Å². The highest BCUT2D eigenvalue weighted by molar-refractivity contribution is 5.83. The van der Waals surface area contributed by atoms with Crippen LogP contribution in [-0.4, -0.2) is 36.0 Å². The Balaban J connectivity index is 1.64. The predicted molar refractivity (Wildman–Crippen MR) is 81.6 cm³/mol. The Bertz CT molecular complexity index is 339. The van der Waals surface area contributed by atoms with Gasteiger partial charge in [0.05, 0.1) is 0 Å². The topological polar surface area (TPSA) is 32.3 Å². The van der Waals surface area contributed by atoms with E-state index in [1.54, 1.807) is 0 Å². The van der Waals surface area contributed by atoms with Crippen molar-refractivity contribution in [3.8, 4) is 0 Å². The molecule has 3 aliphatic rings. The first-order valence-corrected chi connectivity index (χ1v) is 8.73. The second-order valence-electron chi connectivity index (χ2n) is 7.46. The third kappa shape index (κ3) is 3.19. The number of hydrogen-bond donors (Lipinski definition) is 1. The highest BCUT2D eigenvalue weighted by Gasteiger charge is 2.43. The zero-order chi connectivity index (χ0) is 14.0. The van der Waals surface area contributed by atoms with Crippen LogP contribution in [-0.2, 0) is 4.79 Å². The molecular weight excluding hydrogens is 248 g/mol. The van der Waals surface area contributed by atoms with Gasteiger partial charge in [-0.1, -0.05) is 32.6 Å². The van der Waals surface area contributed by atoms with Crippen LogP contribution in [0.4, 0.5) is 0 Å². The molecule has 3 fully saturated rings. The van der Waals surface area contributed by atoms with Gasteiger partial charge in [-0.2, -0.15) is 0 Å². The molecule has 0 radical (unpaired) electrons. The number of rotatable bonds is 4. The van der Waals surface area contributed by atoms with Gasteiger partial charge in [-0.05, 0) is 45.1 Å². The number of hydrogen-bond acceptors (Lipinski definition) is 2. The summed E-state index contributed by atoms with van der Waals surface area (Å²) < 4.78 is 0. The third-order valence-corrected chi connectivity index (χ3v) is 5.55. The van der Waals surface area contributed by atoms with E-state index in [9.17, 15) is 4.79 Å². The highest BCUT2D eigenvalue weighted by Crippen LogP contribution is 2.40. The maximum Gasteiger partial charge on any atom is 0.228 e. The summed E-state index contributed by atoms with van der Waals surface area (Å²) in [6.45, 7) is 4.31. The number of nitrogens with one attached hydrogen (secondary N) is 1. The van der Waals surface area contributed by atoms with Crippen LogP contribution in [0.3, 0.4) is 0 Å². The number of carbonyl (C=O) groups is 1. The van der Waals surface area contributed by atoms with Crippen molar-refractivity contribution >= 4 is 5.91 Å². The molecule has 3 nitrogen and oxygen atoms in total. The van der Waals surface area contributed by atoms with Gasteiger partial charge in [0, 0.05) is 24.0 Å². The van der Waals surface area contributed by atoms with Gasteiger partial charge in [-0.25, -0.2) is 0 Å². The lowest BCUT2D eigenvalue weighted by Gasteiger charge is -2.39. The number of amides is 1. The highest BCUT2D eigenvalue weighted by atomic mass is 16.2. The lowest BCUT2D eigenvalue weighted by atomic mass is 9.74. The average Bonchev–Trinajstić information content (AvgIpc) is 3.30. The summed E-state index contributed by atoms with van der Waals surface area (Å²) in [5.41, 5.74) is -0.0600. The number of nitrogens with zero attached hydrogens (tertiary/aromatic N) is 1. The fourth-order valence-electron chi connectivity index (χ4n) is 3.99. The van der Waals surface area contributed by atoms with Gasteiger partial charge in [0.1, 0.15) is 0 Å². The molecule has 1 saturated heterocycles. The first-order chi connectivity index (χ1) is 9.69. The summed E-state index contributed by atoms with van der Waals surface area (Å²) in [6, 6.07) is 1.10. The van der Waals surface area contributed by atoms with Gasteiger partial charge in [0.15, 0.2) is 0 Å². The summed E-state index contributed by atoms with van der Waals surface area (Å²) in [7, 11) is 0. The molecule has 3 rings (SSSR count). The standard InChI is InChI=1S/C17H30N2O/c1-17(10-4-2-5-11-17)16(20)19(15-8-9-15)13-14-7-3-6-12-18-14/h14-15,18H,2-13H2,1H3. The van der Waals surface area contributed by atoms with Crippen LogP contribution in [0, 0.1) is 5.41 Å². The van der Waals surface area contributed by atoms with Crippen LogP contribution in [0.2, 0.25) is 0 Å². The number of carbonyl (C=O) groups excluding carboxylic acids is 1. The molecule has 0 spiro atoms. The Morgan fingerprint density at radius 1 is 1.10 bits per heavy atom. The number of piperidine rings is 1. The van der Waals surface area contributed by atoms with E-state index in [1.165, 1.54) is 51.4 Å². The normalized spacial score (nSPS) is 29.9. The first kappa shape index (κ1) is 14.4. The largest absolute Gasteiger partial charge is 0.338 e. The van der Waals surface area contributed by atoms with E-state index in [0.717, 1.165) is 25.9 Å². The molecule has 0 bridgehead atoms. The Labute approximate surface area is 123 Å². The molecule has 0 aromatic heterocycles. The molecule has 0 aromatic carbocycles. The van der Waals surface area contributed by atoms with Gasteiger partial charge < -0.3 is 10.2 Å². The van der Waals surface area contributed by atoms with Crippen LogP contribution in [0.5, 0.6) is 0 Å². The van der Waals surface area contributed by atoms with E-state index in [2.05, 4.69) is 17.1 Å². The van der Waals surface area contributed by atoms with Crippen LogP contribution in [0.25, 0.3) is 0 Å². The maximum absolute atomic E-state index is 13.1. The van der Waals surface area contributed by atoms with Crippen molar-refractivity contribution in [2.45, 2.75) is 83.2 Å². The van der Waals surface area contributed by atoms with E-state index in [4.69, 9.17) is 0 Å². The molecule has 114 valence electrons. The minimum absolute atomic E-state index is 0.0600. The van der Waals surface area contributed by atoms with E-state index in [-0.39, 0.29) is 5.41 Å². The summed E-state index contributed by atoms with van der Waals surface area (Å²) in [6.07, 6.45) is 12.3. The van der Waals surface area contributed by atoms with E-state index < -0.39 is 0 Å². The molecule has 2 aliphatic carbocycles. The summed E-state index contributed by atoms with van der Waals surface area (Å²) in [5.74, 6) is 0.465. The van der Waals surface area contributed by atoms with Crippen molar-refractivity contribution in [3.05, 3.63) is 0 Å². The lowest BCUT2D eigenvalue weighted by molar-refractivity contribution is -0.144. The molecule has 1 aliphatic heterocycles. The van der Waals surface area contributed by atoms with Crippen LogP contribution >= 0.6 is 0 Å². The molecule has 2 saturated carbocycles. The minimum Gasteiger partial charge on any atom is -0.338 e. The summed E-state index contributed by atoms with van der Waals surface area (Å²) in [4.78, 5) is 15.3. The van der Waals surface area contributed by atoms with E-state index in [1.807, 2.05) is 0 Å². The van der Waals surface area contributed by atoms with Gasteiger partial charge >= 0.3 is 0 Å².